The normalized spacial score (nSPS) is 11.9. The predicted molar refractivity (Wildman–Crippen MR) is 70.8 cm³/mol. The number of rotatable bonds is 8. The van der Waals surface area contributed by atoms with Crippen molar-refractivity contribution >= 4 is 26.0 Å². The minimum Gasteiger partial charge on any atom is -0.332 e. The lowest BCUT2D eigenvalue weighted by Gasteiger charge is -2.04. The number of hydrogen-bond donors (Lipinski definition) is 2. The van der Waals surface area contributed by atoms with Gasteiger partial charge in [0.25, 0.3) is 10.0 Å². The maximum absolute atomic E-state index is 11.7. The van der Waals surface area contributed by atoms with E-state index in [0.717, 1.165) is 31.0 Å². The van der Waals surface area contributed by atoms with E-state index < -0.39 is 10.0 Å². The average molecular weight is 324 g/mol. The van der Waals surface area contributed by atoms with E-state index in [4.69, 9.17) is 0 Å². The molecule has 0 atom stereocenters. The average Bonchev–Trinajstić information content (AvgIpc) is 2.71. The van der Waals surface area contributed by atoms with Crippen molar-refractivity contribution in [2.24, 2.45) is 0 Å². The zero-order chi connectivity index (χ0) is 12.7. The fraction of sp³-hybridized carbons (Fsp3) is 0.700. The monoisotopic (exact) mass is 323 g/mol. The zero-order valence-electron chi connectivity index (χ0n) is 9.87. The second-order valence-corrected chi connectivity index (χ2v) is 6.36. The van der Waals surface area contributed by atoms with Crippen LogP contribution in [0.25, 0.3) is 0 Å². The number of halogens is 1. The lowest BCUT2D eigenvalue weighted by Crippen LogP contribution is -2.25. The fourth-order valence-corrected chi connectivity index (χ4v) is 2.83. The second-order valence-electron chi connectivity index (χ2n) is 3.83. The van der Waals surface area contributed by atoms with Crippen LogP contribution in [0, 0.1) is 6.92 Å². The van der Waals surface area contributed by atoms with E-state index in [1.54, 1.807) is 6.92 Å². The van der Waals surface area contributed by atoms with Gasteiger partial charge < -0.3 is 4.98 Å². The second kappa shape index (κ2) is 7.13. The van der Waals surface area contributed by atoms with Crippen LogP contribution in [-0.4, -0.2) is 30.3 Å². The SMILES string of the molecule is Cc1ncc(S(=O)(=O)NCCCCCCBr)[nH]1. The maximum atomic E-state index is 11.7. The van der Waals surface area contributed by atoms with Gasteiger partial charge >= 0.3 is 0 Å². The van der Waals surface area contributed by atoms with E-state index in [2.05, 4.69) is 30.6 Å². The van der Waals surface area contributed by atoms with Crippen LogP contribution < -0.4 is 4.72 Å². The molecule has 1 aromatic heterocycles. The van der Waals surface area contributed by atoms with Crippen molar-refractivity contribution in [1.82, 2.24) is 14.7 Å². The Morgan fingerprint density at radius 1 is 1.35 bits per heavy atom. The molecule has 1 heterocycles. The topological polar surface area (TPSA) is 74.8 Å². The van der Waals surface area contributed by atoms with Crippen LogP contribution in [-0.2, 0) is 10.0 Å². The molecule has 0 fully saturated rings. The number of imidazole rings is 1. The summed E-state index contributed by atoms with van der Waals surface area (Å²) in [5.74, 6) is 0.600. The van der Waals surface area contributed by atoms with E-state index in [1.807, 2.05) is 0 Å². The molecule has 0 aliphatic rings. The van der Waals surface area contributed by atoms with E-state index in [9.17, 15) is 8.42 Å². The zero-order valence-corrected chi connectivity index (χ0v) is 12.3. The van der Waals surface area contributed by atoms with Crippen molar-refractivity contribution in [3.63, 3.8) is 0 Å². The molecule has 1 aromatic rings. The van der Waals surface area contributed by atoms with Gasteiger partial charge in [-0.25, -0.2) is 18.1 Å². The molecule has 5 nitrogen and oxygen atoms in total. The van der Waals surface area contributed by atoms with Crippen LogP contribution in [0.15, 0.2) is 11.2 Å². The smallest absolute Gasteiger partial charge is 0.257 e. The number of sulfonamides is 1. The number of unbranched alkanes of at least 4 members (excludes halogenated alkanes) is 3. The first-order valence-electron chi connectivity index (χ1n) is 5.63. The largest absolute Gasteiger partial charge is 0.332 e. The number of nitrogens with zero attached hydrogens (tertiary/aromatic N) is 1. The number of aryl methyl sites for hydroxylation is 1. The van der Waals surface area contributed by atoms with Crippen molar-refractivity contribution in [1.29, 1.82) is 0 Å². The van der Waals surface area contributed by atoms with Gasteiger partial charge in [-0.05, 0) is 19.8 Å². The van der Waals surface area contributed by atoms with E-state index >= 15 is 0 Å². The third-order valence-corrected chi connectivity index (χ3v) is 4.25. The number of H-pyrrole nitrogens is 1. The van der Waals surface area contributed by atoms with Gasteiger partial charge in [-0.1, -0.05) is 28.8 Å². The lowest BCUT2D eigenvalue weighted by molar-refractivity contribution is 0.571. The van der Waals surface area contributed by atoms with Gasteiger partial charge in [-0.15, -0.1) is 0 Å². The van der Waals surface area contributed by atoms with Gasteiger partial charge in [0.05, 0.1) is 6.20 Å². The molecule has 0 aliphatic heterocycles. The number of hydrogen-bond acceptors (Lipinski definition) is 3. The number of aromatic amines is 1. The summed E-state index contributed by atoms with van der Waals surface area (Å²) in [6, 6.07) is 0. The Balaban J connectivity index is 2.31. The van der Waals surface area contributed by atoms with E-state index in [1.165, 1.54) is 6.20 Å². The third kappa shape index (κ3) is 5.18. The summed E-state index contributed by atoms with van der Waals surface area (Å²) in [7, 11) is -3.41. The summed E-state index contributed by atoms with van der Waals surface area (Å²) >= 11 is 3.36. The van der Waals surface area contributed by atoms with Crippen LogP contribution in [0.5, 0.6) is 0 Å². The Bertz CT molecular complexity index is 431. The highest BCUT2D eigenvalue weighted by molar-refractivity contribution is 9.09. The molecule has 0 aliphatic carbocycles. The molecule has 2 N–H and O–H groups in total. The van der Waals surface area contributed by atoms with Crippen molar-refractivity contribution in [3.05, 3.63) is 12.0 Å². The Morgan fingerprint density at radius 2 is 2.06 bits per heavy atom. The Hall–Kier alpha value is -0.400. The molecule has 0 radical (unpaired) electrons. The highest BCUT2D eigenvalue weighted by Crippen LogP contribution is 2.06. The molecule has 17 heavy (non-hydrogen) atoms. The lowest BCUT2D eigenvalue weighted by atomic mass is 10.2. The number of aromatic nitrogens is 2. The first kappa shape index (κ1) is 14.7. The van der Waals surface area contributed by atoms with E-state index in [-0.39, 0.29) is 5.03 Å². The molecule has 0 bridgehead atoms. The molecule has 0 saturated carbocycles. The molecule has 98 valence electrons. The standard InChI is InChI=1S/C10H18BrN3O2S/c1-9-12-8-10(14-9)17(15,16)13-7-5-3-2-4-6-11/h8,13H,2-7H2,1H3,(H,12,14). The van der Waals surface area contributed by atoms with Crippen LogP contribution in [0.1, 0.15) is 31.5 Å². The first-order valence-corrected chi connectivity index (χ1v) is 8.24. The van der Waals surface area contributed by atoms with Gasteiger partial charge in [0.15, 0.2) is 5.03 Å². The van der Waals surface area contributed by atoms with Crippen molar-refractivity contribution in [2.45, 2.75) is 37.6 Å². The molecular formula is C10H18BrN3O2S. The molecule has 0 spiro atoms. The number of alkyl halides is 1. The minimum absolute atomic E-state index is 0.135. The maximum Gasteiger partial charge on any atom is 0.257 e. The molecule has 0 amide bonds. The first-order chi connectivity index (χ1) is 8.06. The molecule has 7 heteroatoms. The van der Waals surface area contributed by atoms with Crippen LogP contribution in [0.3, 0.4) is 0 Å². The van der Waals surface area contributed by atoms with Gasteiger partial charge in [0, 0.05) is 11.9 Å². The van der Waals surface area contributed by atoms with E-state index in [0.29, 0.717) is 12.4 Å². The Labute approximate surface area is 111 Å². The van der Waals surface area contributed by atoms with Crippen molar-refractivity contribution in [2.75, 3.05) is 11.9 Å². The van der Waals surface area contributed by atoms with Gasteiger partial charge in [-0.3, -0.25) is 0 Å². The highest BCUT2D eigenvalue weighted by Gasteiger charge is 2.15. The summed E-state index contributed by atoms with van der Waals surface area (Å²) in [4.78, 5) is 6.58. The minimum atomic E-state index is -3.41. The molecule has 1 rings (SSSR count). The van der Waals surface area contributed by atoms with Gasteiger partial charge in [-0.2, -0.15) is 0 Å². The summed E-state index contributed by atoms with van der Waals surface area (Å²) in [6.07, 6.45) is 5.49. The summed E-state index contributed by atoms with van der Waals surface area (Å²) < 4.78 is 26.0. The van der Waals surface area contributed by atoms with Crippen LogP contribution >= 0.6 is 15.9 Å². The molecule has 0 unspecified atom stereocenters. The quantitative estimate of drug-likeness (QED) is 0.567. The predicted octanol–water partition coefficient (Wildman–Crippen LogP) is 1.95. The van der Waals surface area contributed by atoms with Gasteiger partial charge in [0.2, 0.25) is 0 Å². The summed E-state index contributed by atoms with van der Waals surface area (Å²) in [5, 5.41) is 1.14. The van der Waals surface area contributed by atoms with Crippen molar-refractivity contribution < 1.29 is 8.42 Å². The number of nitrogens with one attached hydrogen (secondary N) is 2. The van der Waals surface area contributed by atoms with Gasteiger partial charge in [0.1, 0.15) is 5.82 Å². The Morgan fingerprint density at radius 3 is 2.65 bits per heavy atom. The van der Waals surface area contributed by atoms with Crippen LogP contribution in [0.4, 0.5) is 0 Å². The highest BCUT2D eigenvalue weighted by atomic mass is 79.9. The molecule has 0 saturated heterocycles. The molecule has 0 aromatic carbocycles. The summed E-state index contributed by atoms with van der Waals surface area (Å²) in [6.45, 7) is 2.20. The fourth-order valence-electron chi connectivity index (χ4n) is 1.39. The Kier molecular flexibility index (Phi) is 6.15. The van der Waals surface area contributed by atoms with Crippen LogP contribution in [0.2, 0.25) is 0 Å². The van der Waals surface area contributed by atoms with Crippen molar-refractivity contribution in [3.8, 4) is 0 Å². The third-order valence-electron chi connectivity index (χ3n) is 2.32. The molecular weight excluding hydrogens is 306 g/mol. The summed E-state index contributed by atoms with van der Waals surface area (Å²) in [5.41, 5.74) is 0.